The fourth-order valence-corrected chi connectivity index (χ4v) is 4.73. The van der Waals surface area contributed by atoms with E-state index in [9.17, 15) is 22.8 Å². The molecule has 0 atom stereocenters. The SMILES string of the molecule is CC.CC(=O)NCCc1ccc(C#N)cc1.O=C(O)CCC1CCN(c2cc(N3CCCC3)nc(C(F)(F)F)n2)CC1. The summed E-state index contributed by atoms with van der Waals surface area (Å²) in [5.74, 6) is -0.972. The Labute approximate surface area is 245 Å². The molecule has 0 spiro atoms. The lowest BCUT2D eigenvalue weighted by Crippen LogP contribution is -2.35. The highest BCUT2D eigenvalue weighted by atomic mass is 19.4. The van der Waals surface area contributed by atoms with Gasteiger partial charge in [-0.25, -0.2) is 9.97 Å². The summed E-state index contributed by atoms with van der Waals surface area (Å²) < 4.78 is 39.7. The van der Waals surface area contributed by atoms with E-state index in [0.717, 1.165) is 37.7 Å². The van der Waals surface area contributed by atoms with Gasteiger partial charge in [0.25, 0.3) is 0 Å². The Kier molecular flexibility index (Phi) is 14.0. The van der Waals surface area contributed by atoms with Crippen LogP contribution in [0, 0.1) is 17.2 Å². The van der Waals surface area contributed by atoms with Gasteiger partial charge in [0.1, 0.15) is 11.6 Å². The van der Waals surface area contributed by atoms with Crippen LogP contribution in [0.4, 0.5) is 24.8 Å². The number of alkyl halides is 3. The number of carbonyl (C=O) groups is 2. The zero-order chi connectivity index (χ0) is 31.1. The molecule has 0 aliphatic carbocycles. The van der Waals surface area contributed by atoms with Crippen molar-refractivity contribution in [3.05, 3.63) is 47.3 Å². The predicted octanol–water partition coefficient (Wildman–Crippen LogP) is 5.44. The molecule has 1 aromatic carbocycles. The lowest BCUT2D eigenvalue weighted by atomic mass is 9.92. The van der Waals surface area contributed by atoms with Crippen LogP contribution in [0.2, 0.25) is 0 Å². The van der Waals surface area contributed by atoms with Gasteiger partial charge in [-0.3, -0.25) is 9.59 Å². The standard InChI is InChI=1S/C17H23F3N4O2.C11H12N2O.C2H6/c18-17(19,20)16-21-13(23-7-1-2-8-23)11-14(22-16)24-9-5-12(6-10-24)3-4-15(25)26;1-9(14)13-7-6-10-2-4-11(8-12)5-3-10;1-2/h11-12H,1-10H2,(H,25,26);2-5H,6-7H2,1H3,(H,13,14);1-2H3. The summed E-state index contributed by atoms with van der Waals surface area (Å²) in [6.45, 7) is 8.73. The number of hydrogen-bond acceptors (Lipinski definition) is 7. The Morgan fingerprint density at radius 1 is 1.02 bits per heavy atom. The number of carboxylic acids is 1. The van der Waals surface area contributed by atoms with Gasteiger partial charge in [0.15, 0.2) is 0 Å². The third-order valence-electron chi connectivity index (χ3n) is 6.96. The number of aromatic nitrogens is 2. The molecule has 2 N–H and O–H groups in total. The monoisotopic (exact) mass is 590 g/mol. The van der Waals surface area contributed by atoms with Gasteiger partial charge in [0.05, 0.1) is 11.6 Å². The number of piperidine rings is 1. The number of carbonyl (C=O) groups excluding carboxylic acids is 1. The van der Waals surface area contributed by atoms with E-state index in [4.69, 9.17) is 10.4 Å². The van der Waals surface area contributed by atoms with Crippen LogP contribution in [-0.4, -0.2) is 59.7 Å². The number of anilines is 2. The van der Waals surface area contributed by atoms with Gasteiger partial charge in [0.2, 0.25) is 11.7 Å². The van der Waals surface area contributed by atoms with E-state index in [2.05, 4.69) is 21.4 Å². The van der Waals surface area contributed by atoms with Crippen LogP contribution in [0.5, 0.6) is 0 Å². The zero-order valence-electron chi connectivity index (χ0n) is 24.6. The molecule has 0 radical (unpaired) electrons. The first-order valence-corrected chi connectivity index (χ1v) is 14.5. The van der Waals surface area contributed by atoms with Crippen molar-refractivity contribution in [2.45, 2.75) is 71.9 Å². The summed E-state index contributed by atoms with van der Waals surface area (Å²) in [6.07, 6.45) is 0.394. The molecule has 42 heavy (non-hydrogen) atoms. The van der Waals surface area contributed by atoms with E-state index in [1.807, 2.05) is 35.8 Å². The van der Waals surface area contributed by atoms with E-state index in [1.54, 1.807) is 18.2 Å². The van der Waals surface area contributed by atoms with Crippen molar-refractivity contribution in [2.75, 3.05) is 42.5 Å². The van der Waals surface area contributed by atoms with Gasteiger partial charge in [-0.05, 0) is 62.1 Å². The maximum absolute atomic E-state index is 13.2. The highest BCUT2D eigenvalue weighted by Crippen LogP contribution is 2.33. The van der Waals surface area contributed by atoms with Crippen molar-refractivity contribution in [1.82, 2.24) is 15.3 Å². The minimum atomic E-state index is -4.58. The van der Waals surface area contributed by atoms with Crippen LogP contribution < -0.4 is 15.1 Å². The van der Waals surface area contributed by atoms with Crippen molar-refractivity contribution < 1.29 is 27.9 Å². The summed E-state index contributed by atoms with van der Waals surface area (Å²) >= 11 is 0. The number of rotatable bonds is 8. The number of hydrogen-bond donors (Lipinski definition) is 2. The Hall–Kier alpha value is -3.88. The molecule has 2 aliphatic heterocycles. The third-order valence-corrected chi connectivity index (χ3v) is 6.96. The lowest BCUT2D eigenvalue weighted by molar-refractivity contribution is -0.144. The van der Waals surface area contributed by atoms with Gasteiger partial charge in [0, 0.05) is 52.1 Å². The van der Waals surface area contributed by atoms with Crippen LogP contribution in [0.25, 0.3) is 0 Å². The fraction of sp³-hybridized carbons (Fsp3) is 0.567. The maximum atomic E-state index is 13.2. The van der Waals surface area contributed by atoms with Crippen molar-refractivity contribution in [1.29, 1.82) is 5.26 Å². The number of nitrogens with one attached hydrogen (secondary N) is 1. The van der Waals surface area contributed by atoms with E-state index in [0.29, 0.717) is 62.3 Å². The first-order valence-electron chi connectivity index (χ1n) is 14.5. The Morgan fingerprint density at radius 2 is 1.57 bits per heavy atom. The average molecular weight is 591 g/mol. The molecule has 230 valence electrons. The molecule has 1 amide bonds. The number of halogens is 3. The van der Waals surface area contributed by atoms with Gasteiger partial charge < -0.3 is 20.2 Å². The molecule has 0 saturated carbocycles. The summed E-state index contributed by atoms with van der Waals surface area (Å²) in [5.41, 5.74) is 1.78. The summed E-state index contributed by atoms with van der Waals surface area (Å²) in [6, 6.07) is 11.1. The second kappa shape index (κ2) is 17.2. The minimum Gasteiger partial charge on any atom is -0.481 e. The molecular formula is C30H41F3N6O3. The molecule has 0 bridgehead atoms. The fourth-order valence-electron chi connectivity index (χ4n) is 4.73. The highest BCUT2D eigenvalue weighted by Gasteiger charge is 2.37. The molecule has 2 aliphatic rings. The third kappa shape index (κ3) is 11.5. The summed E-state index contributed by atoms with van der Waals surface area (Å²) in [5, 5.41) is 20.1. The molecular weight excluding hydrogens is 549 g/mol. The van der Waals surface area contributed by atoms with Gasteiger partial charge in [-0.2, -0.15) is 18.4 Å². The minimum absolute atomic E-state index is 0.0151. The van der Waals surface area contributed by atoms with Crippen molar-refractivity contribution in [3.63, 3.8) is 0 Å². The largest absolute Gasteiger partial charge is 0.481 e. The number of amides is 1. The number of nitriles is 1. The molecule has 2 aromatic rings. The van der Waals surface area contributed by atoms with Crippen LogP contribution in [-0.2, 0) is 22.2 Å². The number of carboxylic acid groups (broad SMARTS) is 1. The maximum Gasteiger partial charge on any atom is 0.451 e. The van der Waals surface area contributed by atoms with Crippen molar-refractivity contribution in [3.8, 4) is 6.07 Å². The number of aliphatic carboxylic acids is 1. The highest BCUT2D eigenvalue weighted by molar-refractivity contribution is 5.72. The first kappa shape index (κ1) is 34.3. The molecule has 12 heteroatoms. The quantitative estimate of drug-likeness (QED) is 0.417. The normalized spacial score (nSPS) is 15.1. The van der Waals surface area contributed by atoms with Gasteiger partial charge in [-0.1, -0.05) is 26.0 Å². The van der Waals surface area contributed by atoms with Crippen molar-refractivity contribution >= 4 is 23.5 Å². The number of benzene rings is 1. The van der Waals surface area contributed by atoms with Gasteiger partial charge >= 0.3 is 12.1 Å². The smallest absolute Gasteiger partial charge is 0.451 e. The van der Waals surface area contributed by atoms with E-state index < -0.39 is 18.0 Å². The molecule has 3 heterocycles. The van der Waals surface area contributed by atoms with Crippen LogP contribution in [0.3, 0.4) is 0 Å². The Morgan fingerprint density at radius 3 is 2.05 bits per heavy atom. The average Bonchev–Trinajstić information content (AvgIpc) is 3.53. The Bertz CT molecular complexity index is 1170. The van der Waals surface area contributed by atoms with E-state index in [1.165, 1.54) is 6.92 Å². The summed E-state index contributed by atoms with van der Waals surface area (Å²) in [4.78, 5) is 32.5. The molecule has 0 unspecified atom stereocenters. The molecule has 2 fully saturated rings. The molecule has 4 rings (SSSR count). The number of nitrogens with zero attached hydrogens (tertiary/aromatic N) is 5. The van der Waals surface area contributed by atoms with Crippen molar-refractivity contribution in [2.24, 2.45) is 5.92 Å². The first-order chi connectivity index (χ1) is 20.0. The van der Waals surface area contributed by atoms with Crippen LogP contribution in [0.1, 0.15) is 76.2 Å². The van der Waals surface area contributed by atoms with Crippen LogP contribution >= 0.6 is 0 Å². The summed E-state index contributed by atoms with van der Waals surface area (Å²) in [7, 11) is 0. The predicted molar refractivity (Wildman–Crippen MR) is 155 cm³/mol. The van der Waals surface area contributed by atoms with Crippen LogP contribution in [0.15, 0.2) is 30.3 Å². The second-order valence-corrected chi connectivity index (χ2v) is 10.0. The Balaban J connectivity index is 0.000000326. The molecule has 9 nitrogen and oxygen atoms in total. The van der Waals surface area contributed by atoms with E-state index >= 15 is 0 Å². The lowest BCUT2D eigenvalue weighted by Gasteiger charge is -2.33. The topological polar surface area (TPSA) is 122 Å². The van der Waals surface area contributed by atoms with E-state index in [-0.39, 0.29) is 12.3 Å². The second-order valence-electron chi connectivity index (χ2n) is 10.0. The molecule has 1 aromatic heterocycles. The zero-order valence-corrected chi connectivity index (χ0v) is 24.6. The molecule has 2 saturated heterocycles. The van der Waals surface area contributed by atoms with Gasteiger partial charge in [-0.15, -0.1) is 0 Å².